The second kappa shape index (κ2) is 7.70. The van der Waals surface area contributed by atoms with Crippen molar-refractivity contribution in [2.75, 3.05) is 0 Å². The Kier molecular flexibility index (Phi) is 4.76. The summed E-state index contributed by atoms with van der Waals surface area (Å²) in [5.74, 6) is -5.66. The number of aromatic hydroxyl groups is 6. The summed E-state index contributed by atoms with van der Waals surface area (Å²) in [6, 6.07) is 9.04. The molecule has 0 unspecified atom stereocenters. The van der Waals surface area contributed by atoms with Crippen LogP contribution >= 0.6 is 0 Å². The molecule has 11 heteroatoms. The first-order valence-electron chi connectivity index (χ1n) is 10.0. The number of hydrogen-bond acceptors (Lipinski definition) is 11. The maximum absolute atomic E-state index is 13.1. The molecule has 0 spiro atoms. The number of aromatic nitrogens is 1. The summed E-state index contributed by atoms with van der Waals surface area (Å²) >= 11 is 0. The molecule has 2 aromatic carbocycles. The predicted octanol–water partition coefficient (Wildman–Crippen LogP) is 2.71. The molecule has 5 rings (SSSR count). The monoisotopic (exact) mass is 477 g/mol. The lowest BCUT2D eigenvalue weighted by atomic mass is 9.87. The van der Waals surface area contributed by atoms with Crippen LogP contribution in [0.1, 0.15) is 22.7 Å². The highest BCUT2D eigenvalue weighted by molar-refractivity contribution is 5.92. The highest BCUT2D eigenvalue weighted by Crippen LogP contribution is 2.45. The molecule has 35 heavy (non-hydrogen) atoms. The molecule has 6 N–H and O–H groups in total. The van der Waals surface area contributed by atoms with E-state index in [1.54, 1.807) is 12.1 Å². The summed E-state index contributed by atoms with van der Waals surface area (Å²) in [4.78, 5) is 30.3. The van der Waals surface area contributed by atoms with Crippen LogP contribution in [0.5, 0.6) is 34.5 Å². The highest BCUT2D eigenvalue weighted by atomic mass is 16.4. The van der Waals surface area contributed by atoms with Gasteiger partial charge in [0.2, 0.25) is 11.5 Å². The molecular formula is C24H15NO10. The molecule has 3 aromatic heterocycles. The van der Waals surface area contributed by atoms with Crippen LogP contribution in [-0.4, -0.2) is 35.6 Å². The van der Waals surface area contributed by atoms with Crippen LogP contribution in [0.15, 0.2) is 67.1 Å². The summed E-state index contributed by atoms with van der Waals surface area (Å²) in [7, 11) is 0. The van der Waals surface area contributed by atoms with Gasteiger partial charge in [0, 0.05) is 6.20 Å². The average molecular weight is 477 g/mol. The van der Waals surface area contributed by atoms with Crippen molar-refractivity contribution >= 4 is 21.9 Å². The third-order valence-corrected chi connectivity index (χ3v) is 5.63. The van der Waals surface area contributed by atoms with Crippen LogP contribution in [0.2, 0.25) is 0 Å². The van der Waals surface area contributed by atoms with Gasteiger partial charge in [0.15, 0.2) is 22.7 Å². The Morgan fingerprint density at radius 2 is 1.11 bits per heavy atom. The molecule has 0 aliphatic carbocycles. The van der Waals surface area contributed by atoms with E-state index in [1.165, 1.54) is 24.4 Å². The molecule has 0 saturated heterocycles. The van der Waals surface area contributed by atoms with E-state index in [-0.39, 0.29) is 16.5 Å². The molecule has 0 fully saturated rings. The van der Waals surface area contributed by atoms with Gasteiger partial charge in [0.05, 0.1) is 33.5 Å². The zero-order valence-electron chi connectivity index (χ0n) is 17.5. The Morgan fingerprint density at radius 3 is 1.54 bits per heavy atom. The second-order valence-electron chi connectivity index (χ2n) is 7.61. The predicted molar refractivity (Wildman–Crippen MR) is 120 cm³/mol. The van der Waals surface area contributed by atoms with Gasteiger partial charge in [-0.15, -0.1) is 0 Å². The number of hydrogen-bond donors (Lipinski definition) is 6. The van der Waals surface area contributed by atoms with Crippen LogP contribution in [0.4, 0.5) is 0 Å². The van der Waals surface area contributed by atoms with Gasteiger partial charge >= 0.3 is 11.3 Å². The first-order valence-corrected chi connectivity index (χ1v) is 10.0. The maximum atomic E-state index is 13.1. The maximum Gasteiger partial charge on any atom is 0.344 e. The zero-order chi connectivity index (χ0) is 25.0. The molecule has 3 heterocycles. The van der Waals surface area contributed by atoms with E-state index in [4.69, 9.17) is 8.83 Å². The summed E-state index contributed by atoms with van der Waals surface area (Å²) in [5.41, 5.74) is -4.35. The fourth-order valence-electron chi connectivity index (χ4n) is 3.98. The fourth-order valence-corrected chi connectivity index (χ4v) is 3.98. The van der Waals surface area contributed by atoms with Gasteiger partial charge in [-0.05, 0) is 36.4 Å². The average Bonchev–Trinajstić information content (AvgIpc) is 2.84. The molecular weight excluding hydrogens is 462 g/mol. The lowest BCUT2D eigenvalue weighted by Gasteiger charge is -2.19. The Labute approximate surface area is 193 Å². The van der Waals surface area contributed by atoms with E-state index in [9.17, 15) is 40.2 Å². The number of benzene rings is 2. The third-order valence-electron chi connectivity index (χ3n) is 5.63. The van der Waals surface area contributed by atoms with E-state index in [0.29, 0.717) is 0 Å². The molecule has 0 radical (unpaired) electrons. The molecule has 0 atom stereocenters. The van der Waals surface area contributed by atoms with E-state index in [0.717, 1.165) is 12.1 Å². The van der Waals surface area contributed by atoms with E-state index in [2.05, 4.69) is 4.98 Å². The molecule has 0 amide bonds. The normalized spacial score (nSPS) is 11.5. The Morgan fingerprint density at radius 1 is 0.629 bits per heavy atom. The smallest absolute Gasteiger partial charge is 0.344 e. The van der Waals surface area contributed by atoms with Crippen molar-refractivity contribution in [2.45, 2.75) is 5.92 Å². The molecule has 0 aliphatic rings. The molecule has 0 aliphatic heterocycles. The summed E-state index contributed by atoms with van der Waals surface area (Å²) in [5, 5.41) is 61.3. The highest BCUT2D eigenvalue weighted by Gasteiger charge is 2.34. The van der Waals surface area contributed by atoms with Gasteiger partial charge in [-0.25, -0.2) is 9.59 Å². The van der Waals surface area contributed by atoms with E-state index >= 15 is 0 Å². The first-order chi connectivity index (χ1) is 16.7. The summed E-state index contributed by atoms with van der Waals surface area (Å²) in [6.45, 7) is 0. The SMILES string of the molecule is O=c1oc2c(O)c(O)ccc2c(O)c1C(c1ccccn1)c1c(O)c2ccc(O)c(O)c2oc1=O. The van der Waals surface area contributed by atoms with Crippen molar-refractivity contribution in [1.29, 1.82) is 0 Å². The van der Waals surface area contributed by atoms with Crippen molar-refractivity contribution in [3.8, 4) is 34.5 Å². The molecule has 5 aromatic rings. The van der Waals surface area contributed by atoms with Gasteiger partial charge in [-0.1, -0.05) is 6.07 Å². The van der Waals surface area contributed by atoms with Crippen molar-refractivity contribution in [2.24, 2.45) is 0 Å². The van der Waals surface area contributed by atoms with Gasteiger partial charge in [0.1, 0.15) is 11.5 Å². The summed E-state index contributed by atoms with van der Waals surface area (Å²) in [6.07, 6.45) is 1.36. The van der Waals surface area contributed by atoms with Crippen LogP contribution in [0, 0.1) is 0 Å². The molecule has 11 nitrogen and oxygen atoms in total. The topological polar surface area (TPSA) is 195 Å². The quantitative estimate of drug-likeness (QED) is 0.165. The van der Waals surface area contributed by atoms with Crippen molar-refractivity contribution in [3.63, 3.8) is 0 Å². The molecule has 176 valence electrons. The number of nitrogens with zero attached hydrogens (tertiary/aromatic N) is 1. The Bertz CT molecular complexity index is 1640. The molecule has 0 bridgehead atoms. The largest absolute Gasteiger partial charge is 0.507 e. The number of fused-ring (bicyclic) bond motifs is 2. The van der Waals surface area contributed by atoms with Crippen molar-refractivity contribution in [3.05, 3.63) is 86.3 Å². The van der Waals surface area contributed by atoms with E-state index < -0.39 is 74.0 Å². The van der Waals surface area contributed by atoms with Crippen molar-refractivity contribution in [1.82, 2.24) is 4.98 Å². The standard InChI is InChI=1S/C24H15NO10/c26-12-6-4-9-17(28)15(23(32)34-21(9)19(12)30)14(11-3-1-2-8-25-11)16-18(29)10-5-7-13(27)20(31)22(10)35-24(16)33/h1-8,14,26-31H. The van der Waals surface area contributed by atoms with Crippen molar-refractivity contribution < 1.29 is 39.5 Å². The number of rotatable bonds is 3. The number of phenols is 4. The van der Waals surface area contributed by atoms with E-state index in [1.807, 2.05) is 0 Å². The molecule has 0 saturated carbocycles. The third kappa shape index (κ3) is 3.17. The van der Waals surface area contributed by atoms with Crippen LogP contribution in [0.25, 0.3) is 21.9 Å². The first kappa shape index (κ1) is 21.6. The Balaban J connectivity index is 1.91. The summed E-state index contributed by atoms with van der Waals surface area (Å²) < 4.78 is 10.3. The minimum absolute atomic E-state index is 0.0439. The fraction of sp³-hybridized carbons (Fsp3) is 0.0417. The van der Waals surface area contributed by atoms with Crippen LogP contribution < -0.4 is 11.3 Å². The van der Waals surface area contributed by atoms with Gasteiger partial charge in [-0.2, -0.15) is 0 Å². The van der Waals surface area contributed by atoms with Crippen LogP contribution in [0.3, 0.4) is 0 Å². The number of phenolic OH excluding ortho intramolecular Hbond substituents is 4. The minimum atomic E-state index is -1.52. The van der Waals surface area contributed by atoms with Gasteiger partial charge in [0.25, 0.3) is 0 Å². The zero-order valence-corrected chi connectivity index (χ0v) is 17.5. The minimum Gasteiger partial charge on any atom is -0.507 e. The lowest BCUT2D eigenvalue weighted by molar-refractivity contribution is 0.392. The van der Waals surface area contributed by atoms with Gasteiger partial charge in [-0.3, -0.25) is 4.98 Å². The number of pyridine rings is 1. The lowest BCUT2D eigenvalue weighted by Crippen LogP contribution is -2.22. The second-order valence-corrected chi connectivity index (χ2v) is 7.61. The van der Waals surface area contributed by atoms with Gasteiger partial charge < -0.3 is 39.5 Å². The Hall–Kier alpha value is -5.19. The van der Waals surface area contributed by atoms with Crippen LogP contribution in [-0.2, 0) is 0 Å².